The van der Waals surface area contributed by atoms with Crippen molar-refractivity contribution in [3.05, 3.63) is 18.2 Å². The van der Waals surface area contributed by atoms with Crippen molar-refractivity contribution < 1.29 is 8.42 Å². The van der Waals surface area contributed by atoms with Gasteiger partial charge in [-0.05, 0) is 30.5 Å². The Morgan fingerprint density at radius 1 is 1.41 bits per heavy atom. The number of nitrogens with two attached hydrogens (primary N) is 2. The number of benzene rings is 1. The van der Waals surface area contributed by atoms with Crippen LogP contribution in [0, 0.1) is 5.92 Å². The lowest BCUT2D eigenvalue weighted by Crippen LogP contribution is -2.20. The van der Waals surface area contributed by atoms with Crippen molar-refractivity contribution in [3.8, 4) is 0 Å². The number of anilines is 2. The molecule has 1 aromatic carbocycles. The summed E-state index contributed by atoms with van der Waals surface area (Å²) in [6.45, 7) is 4.16. The molecule has 1 atom stereocenters. The zero-order chi connectivity index (χ0) is 12.6. The Kier molecular flexibility index (Phi) is 3.01. The van der Waals surface area contributed by atoms with Crippen LogP contribution in [0.3, 0.4) is 0 Å². The first kappa shape index (κ1) is 12.2. The van der Waals surface area contributed by atoms with E-state index >= 15 is 0 Å². The third-order valence-electron chi connectivity index (χ3n) is 3.09. The molecule has 1 saturated heterocycles. The lowest BCUT2D eigenvalue weighted by atomic mass is 10.2. The molecule has 4 N–H and O–H groups in total. The second-order valence-corrected chi connectivity index (χ2v) is 6.14. The van der Waals surface area contributed by atoms with E-state index in [9.17, 15) is 8.42 Å². The topological polar surface area (TPSA) is 89.4 Å². The Hall–Kier alpha value is -1.27. The van der Waals surface area contributed by atoms with Crippen LogP contribution in [0.2, 0.25) is 0 Å². The van der Waals surface area contributed by atoms with Crippen LogP contribution in [0.5, 0.6) is 0 Å². The van der Waals surface area contributed by atoms with Crippen molar-refractivity contribution in [2.75, 3.05) is 23.7 Å². The van der Waals surface area contributed by atoms with E-state index in [-0.39, 0.29) is 10.6 Å². The average molecular weight is 255 g/mol. The number of primary sulfonamides is 1. The van der Waals surface area contributed by atoms with Gasteiger partial charge in [0.25, 0.3) is 0 Å². The molecule has 1 aromatic rings. The molecule has 0 radical (unpaired) electrons. The molecule has 0 spiro atoms. The average Bonchev–Trinajstić information content (AvgIpc) is 2.62. The minimum atomic E-state index is -3.73. The van der Waals surface area contributed by atoms with Gasteiger partial charge in [-0.2, -0.15) is 0 Å². The summed E-state index contributed by atoms with van der Waals surface area (Å²) in [5, 5.41) is 5.06. The first-order chi connectivity index (χ1) is 7.88. The van der Waals surface area contributed by atoms with Crippen LogP contribution in [0.15, 0.2) is 23.1 Å². The van der Waals surface area contributed by atoms with Gasteiger partial charge in [0.05, 0.1) is 5.69 Å². The van der Waals surface area contributed by atoms with Crippen molar-refractivity contribution >= 4 is 21.4 Å². The molecular weight excluding hydrogens is 238 g/mol. The van der Waals surface area contributed by atoms with Gasteiger partial charge in [-0.25, -0.2) is 13.6 Å². The molecule has 6 heteroatoms. The number of hydrogen-bond donors (Lipinski definition) is 2. The van der Waals surface area contributed by atoms with Crippen molar-refractivity contribution in [1.29, 1.82) is 0 Å². The maximum atomic E-state index is 11.2. The summed E-state index contributed by atoms with van der Waals surface area (Å²) in [5.74, 6) is 0.661. The molecule has 5 nitrogen and oxygen atoms in total. The summed E-state index contributed by atoms with van der Waals surface area (Å²) in [6, 6.07) is 4.91. The molecule has 0 saturated carbocycles. The van der Waals surface area contributed by atoms with E-state index in [0.717, 1.165) is 25.2 Å². The standard InChI is InChI=1S/C11H17N3O2S/c1-8-4-5-14(7-8)9-2-3-11(10(12)6-9)17(13,15)16/h2-3,6,8H,4-5,7,12H2,1H3,(H2,13,15,16). The van der Waals surface area contributed by atoms with Gasteiger partial charge >= 0.3 is 0 Å². The van der Waals surface area contributed by atoms with Gasteiger partial charge in [-0.15, -0.1) is 0 Å². The van der Waals surface area contributed by atoms with Crippen molar-refractivity contribution in [3.63, 3.8) is 0 Å². The molecule has 0 bridgehead atoms. The molecule has 0 aromatic heterocycles. The molecule has 0 amide bonds. The number of hydrogen-bond acceptors (Lipinski definition) is 4. The Bertz CT molecular complexity index is 528. The minimum Gasteiger partial charge on any atom is -0.398 e. The van der Waals surface area contributed by atoms with E-state index in [0.29, 0.717) is 5.92 Å². The first-order valence-electron chi connectivity index (χ1n) is 5.55. The van der Waals surface area contributed by atoms with E-state index in [1.54, 1.807) is 12.1 Å². The van der Waals surface area contributed by atoms with Gasteiger partial charge in [0.15, 0.2) is 0 Å². The van der Waals surface area contributed by atoms with E-state index in [4.69, 9.17) is 10.9 Å². The van der Waals surface area contributed by atoms with Crippen molar-refractivity contribution in [2.24, 2.45) is 11.1 Å². The largest absolute Gasteiger partial charge is 0.398 e. The van der Waals surface area contributed by atoms with Gasteiger partial charge in [-0.3, -0.25) is 0 Å². The zero-order valence-electron chi connectivity index (χ0n) is 9.76. The lowest BCUT2D eigenvalue weighted by molar-refractivity contribution is 0.598. The van der Waals surface area contributed by atoms with Crippen LogP contribution in [0.1, 0.15) is 13.3 Å². The van der Waals surface area contributed by atoms with Gasteiger partial charge < -0.3 is 10.6 Å². The molecule has 1 fully saturated rings. The summed E-state index contributed by atoms with van der Waals surface area (Å²) in [5.41, 5.74) is 6.89. The van der Waals surface area contributed by atoms with Crippen molar-refractivity contribution in [1.82, 2.24) is 0 Å². The molecule has 0 aliphatic carbocycles. The second kappa shape index (κ2) is 4.19. The van der Waals surface area contributed by atoms with Crippen LogP contribution >= 0.6 is 0 Å². The van der Waals surface area contributed by atoms with Crippen molar-refractivity contribution in [2.45, 2.75) is 18.2 Å². The zero-order valence-corrected chi connectivity index (χ0v) is 10.6. The van der Waals surface area contributed by atoms with Gasteiger partial charge in [0.1, 0.15) is 4.90 Å². The maximum absolute atomic E-state index is 11.2. The highest BCUT2D eigenvalue weighted by molar-refractivity contribution is 7.89. The monoisotopic (exact) mass is 255 g/mol. The van der Waals surface area contributed by atoms with Gasteiger partial charge in [0, 0.05) is 18.8 Å². The molecule has 1 aliphatic rings. The van der Waals surface area contributed by atoms with E-state index < -0.39 is 10.0 Å². The smallest absolute Gasteiger partial charge is 0.240 e. The third-order valence-corrected chi connectivity index (χ3v) is 4.07. The Labute approximate surface area is 101 Å². The number of sulfonamides is 1. The van der Waals surface area contributed by atoms with Crippen LogP contribution in [-0.4, -0.2) is 21.5 Å². The van der Waals surface area contributed by atoms with Crippen LogP contribution in [0.25, 0.3) is 0 Å². The summed E-state index contributed by atoms with van der Waals surface area (Å²) in [6.07, 6.45) is 1.15. The number of nitrogens with zero attached hydrogens (tertiary/aromatic N) is 1. The quantitative estimate of drug-likeness (QED) is 0.764. The fourth-order valence-electron chi connectivity index (χ4n) is 2.16. The molecule has 1 aliphatic heterocycles. The Morgan fingerprint density at radius 2 is 2.12 bits per heavy atom. The third kappa shape index (κ3) is 2.53. The predicted molar refractivity (Wildman–Crippen MR) is 68.2 cm³/mol. The summed E-state index contributed by atoms with van der Waals surface area (Å²) in [4.78, 5) is 2.20. The molecule has 1 heterocycles. The van der Waals surface area contributed by atoms with Crippen LogP contribution in [0.4, 0.5) is 11.4 Å². The minimum absolute atomic E-state index is 0.00602. The summed E-state index contributed by atoms with van der Waals surface area (Å²) >= 11 is 0. The fourth-order valence-corrected chi connectivity index (χ4v) is 2.81. The van der Waals surface area contributed by atoms with Gasteiger partial charge in [0.2, 0.25) is 10.0 Å². The second-order valence-electron chi connectivity index (χ2n) is 4.61. The predicted octanol–water partition coefficient (Wildman–Crippen LogP) is 0.762. The van der Waals surface area contributed by atoms with Crippen LogP contribution < -0.4 is 15.8 Å². The number of rotatable bonds is 2. The highest BCUT2D eigenvalue weighted by Gasteiger charge is 2.20. The van der Waals surface area contributed by atoms with E-state index in [2.05, 4.69) is 11.8 Å². The highest BCUT2D eigenvalue weighted by Crippen LogP contribution is 2.28. The van der Waals surface area contributed by atoms with E-state index in [1.807, 2.05) is 0 Å². The van der Waals surface area contributed by atoms with Crippen LogP contribution in [-0.2, 0) is 10.0 Å². The SMILES string of the molecule is CC1CCN(c2ccc(S(N)(=O)=O)c(N)c2)C1. The summed E-state index contributed by atoms with van der Waals surface area (Å²) < 4.78 is 22.4. The molecule has 94 valence electrons. The Morgan fingerprint density at radius 3 is 2.59 bits per heavy atom. The summed E-state index contributed by atoms with van der Waals surface area (Å²) in [7, 11) is -3.73. The fraction of sp³-hybridized carbons (Fsp3) is 0.455. The molecular formula is C11H17N3O2S. The Balaban J connectivity index is 2.31. The maximum Gasteiger partial charge on any atom is 0.240 e. The lowest BCUT2D eigenvalue weighted by Gasteiger charge is -2.19. The first-order valence-corrected chi connectivity index (χ1v) is 7.10. The normalized spacial score (nSPS) is 20.8. The molecule has 2 rings (SSSR count). The number of nitrogen functional groups attached to an aromatic ring is 1. The van der Waals surface area contributed by atoms with E-state index in [1.165, 1.54) is 6.07 Å². The molecule has 1 unspecified atom stereocenters. The highest BCUT2D eigenvalue weighted by atomic mass is 32.2. The molecule has 17 heavy (non-hydrogen) atoms. The van der Waals surface area contributed by atoms with Gasteiger partial charge in [-0.1, -0.05) is 6.92 Å².